The quantitative estimate of drug-likeness (QED) is 0.733. The molecule has 5 nitrogen and oxygen atoms in total. The molecule has 2 aromatic carbocycles. The van der Waals surface area contributed by atoms with Crippen LogP contribution in [0.4, 0.5) is 4.79 Å². The number of nitriles is 2. The van der Waals surface area contributed by atoms with E-state index in [1.54, 1.807) is 26.8 Å². The van der Waals surface area contributed by atoms with Gasteiger partial charge in [0.2, 0.25) is 0 Å². The summed E-state index contributed by atoms with van der Waals surface area (Å²) in [6.45, 7) is 5.38. The van der Waals surface area contributed by atoms with E-state index in [0.717, 1.165) is 5.56 Å². The second-order valence-corrected chi connectivity index (χ2v) is 8.05. The van der Waals surface area contributed by atoms with Crippen molar-refractivity contribution >= 4 is 6.09 Å². The molecule has 3 rings (SSSR count). The number of amides is 1. The lowest BCUT2D eigenvalue weighted by Crippen LogP contribution is -2.40. The van der Waals surface area contributed by atoms with E-state index >= 15 is 0 Å². The molecule has 1 amide bonds. The van der Waals surface area contributed by atoms with Crippen LogP contribution >= 0.6 is 0 Å². The Morgan fingerprint density at radius 3 is 2.10 bits per heavy atom. The van der Waals surface area contributed by atoms with Crippen molar-refractivity contribution in [1.82, 2.24) is 4.90 Å². The molecule has 0 aliphatic carbocycles. The van der Waals surface area contributed by atoms with Crippen molar-refractivity contribution in [2.24, 2.45) is 5.41 Å². The van der Waals surface area contributed by atoms with Crippen LogP contribution in [0.1, 0.15) is 37.9 Å². The molecule has 0 unspecified atom stereocenters. The molecule has 1 heterocycles. The number of carbonyl (C=O) groups is 1. The van der Waals surface area contributed by atoms with E-state index in [9.17, 15) is 15.3 Å². The summed E-state index contributed by atoms with van der Waals surface area (Å²) in [5.74, 6) is 0. The average molecular weight is 385 g/mol. The summed E-state index contributed by atoms with van der Waals surface area (Å²) in [5, 5.41) is 19.9. The summed E-state index contributed by atoms with van der Waals surface area (Å²) < 4.78 is 5.65. The highest BCUT2D eigenvalue weighted by Crippen LogP contribution is 2.48. The van der Waals surface area contributed by atoms with Gasteiger partial charge in [0.25, 0.3) is 0 Å². The minimum absolute atomic E-state index is 0.411. The van der Waals surface area contributed by atoms with Crippen LogP contribution in [-0.2, 0) is 11.2 Å². The molecule has 0 radical (unpaired) electrons. The molecule has 0 fully saturated rings. The van der Waals surface area contributed by atoms with E-state index in [4.69, 9.17) is 4.74 Å². The van der Waals surface area contributed by atoms with Gasteiger partial charge in [-0.15, -0.1) is 0 Å². The van der Waals surface area contributed by atoms with E-state index in [1.807, 2.05) is 60.7 Å². The Morgan fingerprint density at radius 1 is 1.03 bits per heavy atom. The van der Waals surface area contributed by atoms with Gasteiger partial charge in [-0.2, -0.15) is 10.5 Å². The van der Waals surface area contributed by atoms with Crippen molar-refractivity contribution in [1.29, 1.82) is 10.5 Å². The molecular weight excluding hydrogens is 362 g/mol. The third-order valence-electron chi connectivity index (χ3n) is 4.70. The number of hydrogen-bond donors (Lipinski definition) is 0. The first-order valence-electron chi connectivity index (χ1n) is 9.45. The van der Waals surface area contributed by atoms with Crippen LogP contribution in [-0.4, -0.2) is 16.6 Å². The van der Waals surface area contributed by atoms with Crippen molar-refractivity contribution in [3.8, 4) is 12.1 Å². The van der Waals surface area contributed by atoms with Crippen molar-refractivity contribution in [2.45, 2.75) is 38.8 Å². The van der Waals surface area contributed by atoms with Crippen molar-refractivity contribution in [3.63, 3.8) is 0 Å². The van der Waals surface area contributed by atoms with Crippen LogP contribution in [0, 0.1) is 28.1 Å². The van der Waals surface area contributed by atoms with Gasteiger partial charge in [-0.25, -0.2) is 4.79 Å². The van der Waals surface area contributed by atoms with Crippen molar-refractivity contribution in [2.75, 3.05) is 0 Å². The molecule has 2 aromatic rings. The largest absolute Gasteiger partial charge is 0.443 e. The van der Waals surface area contributed by atoms with Gasteiger partial charge in [0.1, 0.15) is 11.6 Å². The monoisotopic (exact) mass is 385 g/mol. The van der Waals surface area contributed by atoms with Crippen molar-refractivity contribution < 1.29 is 9.53 Å². The Labute approximate surface area is 171 Å². The molecule has 0 spiro atoms. The summed E-state index contributed by atoms with van der Waals surface area (Å²) >= 11 is 0. The lowest BCUT2D eigenvalue weighted by Gasteiger charge is -2.33. The second-order valence-electron chi connectivity index (χ2n) is 8.05. The Kier molecular flexibility index (Phi) is 5.43. The zero-order valence-electron chi connectivity index (χ0n) is 16.8. The van der Waals surface area contributed by atoms with Gasteiger partial charge in [0.05, 0.1) is 12.1 Å². The molecule has 0 N–H and O–H groups in total. The predicted molar refractivity (Wildman–Crippen MR) is 109 cm³/mol. The summed E-state index contributed by atoms with van der Waals surface area (Å²) in [5.41, 5.74) is 0.0669. The lowest BCUT2D eigenvalue weighted by atomic mass is 9.81. The summed E-state index contributed by atoms with van der Waals surface area (Å²) in [6.07, 6.45) is 1.46. The van der Waals surface area contributed by atoms with Gasteiger partial charge in [-0.1, -0.05) is 60.7 Å². The minimum atomic E-state index is -1.50. The Balaban J connectivity index is 2.12. The number of rotatable bonds is 3. The maximum absolute atomic E-state index is 13.2. The molecule has 1 aliphatic rings. The standard InChI is InChI=1S/C24H23N3O2/c1-23(2,3)29-22(28)27-20(14-18-10-6-4-7-11-18)15-24(16-25,17-26)21(27)19-12-8-5-9-13-19/h4-13,15,21H,14H2,1-3H3/t21-/m0/s1. The Morgan fingerprint density at radius 2 is 1.59 bits per heavy atom. The average Bonchev–Trinajstić information content (AvgIpc) is 3.03. The number of allylic oxidation sites excluding steroid dienone is 1. The number of benzene rings is 2. The maximum Gasteiger partial charge on any atom is 0.415 e. The van der Waals surface area contributed by atoms with E-state index in [0.29, 0.717) is 17.7 Å². The van der Waals surface area contributed by atoms with E-state index in [2.05, 4.69) is 12.1 Å². The lowest BCUT2D eigenvalue weighted by molar-refractivity contribution is 0.0227. The Hall–Kier alpha value is -3.57. The summed E-state index contributed by atoms with van der Waals surface area (Å²) in [7, 11) is 0. The minimum Gasteiger partial charge on any atom is -0.443 e. The number of ether oxygens (including phenoxy) is 1. The fourth-order valence-corrected chi connectivity index (χ4v) is 3.51. The molecule has 1 aliphatic heterocycles. The fourth-order valence-electron chi connectivity index (χ4n) is 3.51. The van der Waals surface area contributed by atoms with Crippen LogP contribution in [0.2, 0.25) is 0 Å². The van der Waals surface area contributed by atoms with Crippen LogP contribution in [0.15, 0.2) is 72.4 Å². The normalized spacial score (nSPS) is 17.8. The highest BCUT2D eigenvalue weighted by Gasteiger charge is 2.52. The molecule has 1 atom stereocenters. The SMILES string of the molecule is CC(C)(C)OC(=O)N1C(Cc2ccccc2)=CC(C#N)(C#N)[C@@H]1c1ccccc1. The number of carbonyl (C=O) groups excluding carboxylic acids is 1. The first kappa shape index (κ1) is 20.2. The maximum atomic E-state index is 13.2. The fraction of sp³-hybridized carbons (Fsp3) is 0.292. The van der Waals surface area contributed by atoms with E-state index in [-0.39, 0.29) is 0 Å². The molecule has 29 heavy (non-hydrogen) atoms. The molecule has 5 heteroatoms. The molecule has 0 bridgehead atoms. The molecule has 0 saturated heterocycles. The molecule has 146 valence electrons. The number of hydrogen-bond acceptors (Lipinski definition) is 4. The van der Waals surface area contributed by atoms with Crippen LogP contribution in [0.5, 0.6) is 0 Å². The predicted octanol–water partition coefficient (Wildman–Crippen LogP) is 5.14. The van der Waals surface area contributed by atoms with Gasteiger partial charge < -0.3 is 4.74 Å². The summed E-state index contributed by atoms with van der Waals surface area (Å²) in [6, 6.07) is 22.3. The van der Waals surface area contributed by atoms with Gasteiger partial charge in [-0.05, 0) is 38.0 Å². The zero-order valence-corrected chi connectivity index (χ0v) is 16.8. The first-order chi connectivity index (χ1) is 13.8. The molecule has 0 saturated carbocycles. The smallest absolute Gasteiger partial charge is 0.415 e. The van der Waals surface area contributed by atoms with Crippen LogP contribution in [0.25, 0.3) is 0 Å². The van der Waals surface area contributed by atoms with E-state index in [1.165, 1.54) is 4.90 Å². The van der Waals surface area contributed by atoms with Crippen LogP contribution < -0.4 is 0 Å². The van der Waals surface area contributed by atoms with E-state index < -0.39 is 23.2 Å². The van der Waals surface area contributed by atoms with Gasteiger partial charge >= 0.3 is 6.09 Å². The highest BCUT2D eigenvalue weighted by molar-refractivity contribution is 5.74. The molecule has 0 aromatic heterocycles. The third kappa shape index (κ3) is 4.15. The second kappa shape index (κ2) is 7.81. The first-order valence-corrected chi connectivity index (χ1v) is 9.45. The van der Waals surface area contributed by atoms with Gasteiger partial charge in [0, 0.05) is 12.1 Å². The Bertz CT molecular complexity index is 978. The zero-order chi connectivity index (χ0) is 21.1. The van der Waals surface area contributed by atoms with Crippen LogP contribution in [0.3, 0.4) is 0 Å². The van der Waals surface area contributed by atoms with Gasteiger partial charge in [0.15, 0.2) is 5.41 Å². The third-order valence-corrected chi connectivity index (χ3v) is 4.70. The topological polar surface area (TPSA) is 77.1 Å². The highest BCUT2D eigenvalue weighted by atomic mass is 16.6. The van der Waals surface area contributed by atoms with Crippen molar-refractivity contribution in [3.05, 3.63) is 83.6 Å². The summed E-state index contributed by atoms with van der Waals surface area (Å²) in [4.78, 5) is 14.7. The molecular formula is C24H23N3O2. The van der Waals surface area contributed by atoms with Gasteiger partial charge in [-0.3, -0.25) is 4.90 Å². The number of nitrogens with zero attached hydrogens (tertiary/aromatic N) is 3.